The molecule has 2 aromatic carbocycles. The Balaban J connectivity index is 1.48. The summed E-state index contributed by atoms with van der Waals surface area (Å²) in [6.07, 6.45) is 5.44. The summed E-state index contributed by atoms with van der Waals surface area (Å²) in [4.78, 5) is 18.3. The summed E-state index contributed by atoms with van der Waals surface area (Å²) in [6.45, 7) is 0.760. The maximum atomic E-state index is 12.0. The van der Waals surface area contributed by atoms with Crippen molar-refractivity contribution in [3.8, 4) is 0 Å². The first-order valence-electron chi connectivity index (χ1n) is 9.85. The molecule has 29 heavy (non-hydrogen) atoms. The maximum absolute atomic E-state index is 12.0. The van der Waals surface area contributed by atoms with Gasteiger partial charge in [-0.2, -0.15) is 0 Å². The van der Waals surface area contributed by atoms with Crippen LogP contribution < -0.4 is 10.2 Å². The van der Waals surface area contributed by atoms with E-state index in [2.05, 4.69) is 64.7 Å². The normalized spacial score (nSPS) is 14.9. The summed E-state index contributed by atoms with van der Waals surface area (Å²) in [5.41, 5.74) is 6.39. The van der Waals surface area contributed by atoms with Crippen molar-refractivity contribution in [1.82, 2.24) is 4.98 Å². The summed E-state index contributed by atoms with van der Waals surface area (Å²) < 4.78 is 4.87. The van der Waals surface area contributed by atoms with E-state index in [1.165, 1.54) is 29.6 Å². The van der Waals surface area contributed by atoms with E-state index in [9.17, 15) is 4.79 Å². The maximum Gasteiger partial charge on any atom is 0.340 e. The van der Waals surface area contributed by atoms with Crippen LogP contribution in [0.25, 0.3) is 0 Å². The first-order valence-corrected chi connectivity index (χ1v) is 9.85. The van der Waals surface area contributed by atoms with E-state index in [1.807, 2.05) is 6.07 Å². The number of methoxy groups -OCH3 is 1. The summed E-state index contributed by atoms with van der Waals surface area (Å²) in [5.74, 6) is 0.0575. The monoisotopic (exact) mass is 387 g/mol. The second kappa shape index (κ2) is 8.35. The lowest BCUT2D eigenvalue weighted by atomic mass is 10.0. The zero-order valence-electron chi connectivity index (χ0n) is 16.8. The number of aryl methyl sites for hydroxylation is 1. The van der Waals surface area contributed by atoms with Crippen molar-refractivity contribution >= 4 is 23.0 Å². The molecule has 0 unspecified atom stereocenters. The molecule has 1 aliphatic carbocycles. The first-order chi connectivity index (χ1) is 14.2. The van der Waals surface area contributed by atoms with Gasteiger partial charge in [0.15, 0.2) is 0 Å². The number of para-hydroxylation sites is 1. The average Bonchev–Trinajstić information content (AvgIpc) is 3.19. The Morgan fingerprint density at radius 1 is 1.17 bits per heavy atom. The van der Waals surface area contributed by atoms with Crippen molar-refractivity contribution in [1.29, 1.82) is 0 Å². The largest absolute Gasteiger partial charge is 0.465 e. The van der Waals surface area contributed by atoms with Gasteiger partial charge in [0, 0.05) is 37.1 Å². The summed E-state index contributed by atoms with van der Waals surface area (Å²) in [6, 6.07) is 18.8. The third-order valence-corrected chi connectivity index (χ3v) is 5.62. The third kappa shape index (κ3) is 3.94. The fraction of sp³-hybridized carbons (Fsp3) is 0.250. The highest BCUT2D eigenvalue weighted by atomic mass is 16.5. The van der Waals surface area contributed by atoms with Gasteiger partial charge in [-0.1, -0.05) is 24.3 Å². The zero-order valence-corrected chi connectivity index (χ0v) is 16.8. The van der Waals surface area contributed by atoms with Crippen molar-refractivity contribution in [2.45, 2.75) is 18.8 Å². The van der Waals surface area contributed by atoms with E-state index >= 15 is 0 Å². The van der Waals surface area contributed by atoms with Gasteiger partial charge >= 0.3 is 5.97 Å². The number of carbonyl (C=O) groups is 1. The predicted molar refractivity (Wildman–Crippen MR) is 116 cm³/mol. The number of fused-ring (bicyclic) bond motifs is 1. The highest BCUT2D eigenvalue weighted by molar-refractivity contribution is 5.95. The Hall–Kier alpha value is -3.34. The molecular formula is C24H25N3O2. The molecule has 0 radical (unpaired) electrons. The van der Waals surface area contributed by atoms with E-state index in [4.69, 9.17) is 4.74 Å². The molecule has 5 nitrogen and oxygen atoms in total. The standard InChI is InChI=1S/C24H25N3O2/c1-27(19-6-4-3-5-7-19)20-10-11-21-17(14-20)8-9-18(21)15-26-23-16-25-13-12-22(23)24(28)29-2/h3-7,10-14,16,18,26H,8-9,15H2,1-2H3/t18-/m0/s1. The fourth-order valence-corrected chi connectivity index (χ4v) is 3.97. The molecular weight excluding hydrogens is 362 g/mol. The van der Waals surface area contributed by atoms with Crippen LogP contribution in [0.3, 0.4) is 0 Å². The third-order valence-electron chi connectivity index (χ3n) is 5.62. The smallest absolute Gasteiger partial charge is 0.340 e. The number of carbonyl (C=O) groups excluding carboxylic acids is 1. The minimum Gasteiger partial charge on any atom is -0.465 e. The van der Waals surface area contributed by atoms with Crippen LogP contribution in [-0.2, 0) is 11.2 Å². The van der Waals surface area contributed by atoms with Gasteiger partial charge in [-0.3, -0.25) is 4.98 Å². The van der Waals surface area contributed by atoms with Gasteiger partial charge in [-0.15, -0.1) is 0 Å². The molecule has 148 valence electrons. The van der Waals surface area contributed by atoms with Gasteiger partial charge in [0.2, 0.25) is 0 Å². The minimum absolute atomic E-state index is 0.352. The Kier molecular flexibility index (Phi) is 5.47. The number of aromatic nitrogens is 1. The Bertz CT molecular complexity index is 1000. The first kappa shape index (κ1) is 19.0. The van der Waals surface area contributed by atoms with Crippen LogP contribution in [0.4, 0.5) is 17.1 Å². The molecule has 0 amide bonds. The number of anilines is 3. The topological polar surface area (TPSA) is 54.5 Å². The summed E-state index contributed by atoms with van der Waals surface area (Å²) in [7, 11) is 3.49. The second-order valence-electron chi connectivity index (χ2n) is 7.31. The van der Waals surface area contributed by atoms with Crippen molar-refractivity contribution in [3.05, 3.63) is 83.7 Å². The molecule has 0 saturated heterocycles. The highest BCUT2D eigenvalue weighted by Gasteiger charge is 2.24. The van der Waals surface area contributed by atoms with Crippen LogP contribution in [0, 0.1) is 0 Å². The van der Waals surface area contributed by atoms with Crippen LogP contribution in [0.1, 0.15) is 33.8 Å². The summed E-state index contributed by atoms with van der Waals surface area (Å²) >= 11 is 0. The SMILES string of the molecule is COC(=O)c1ccncc1NC[C@@H]1CCc2cc(N(C)c3ccccc3)ccc21. The number of pyridine rings is 1. The van der Waals surface area contributed by atoms with Crippen LogP contribution >= 0.6 is 0 Å². The number of benzene rings is 2. The zero-order chi connectivity index (χ0) is 20.2. The molecule has 1 aliphatic rings. The van der Waals surface area contributed by atoms with Crippen LogP contribution in [-0.4, -0.2) is 31.7 Å². The molecule has 5 heteroatoms. The Morgan fingerprint density at radius 2 is 2.00 bits per heavy atom. The molecule has 0 aliphatic heterocycles. The van der Waals surface area contributed by atoms with Gasteiger partial charge < -0.3 is 15.0 Å². The van der Waals surface area contributed by atoms with Gasteiger partial charge in [-0.25, -0.2) is 4.79 Å². The molecule has 3 aromatic rings. The van der Waals surface area contributed by atoms with Crippen molar-refractivity contribution < 1.29 is 9.53 Å². The molecule has 4 rings (SSSR count). The van der Waals surface area contributed by atoms with Crippen molar-refractivity contribution in [3.63, 3.8) is 0 Å². The average molecular weight is 387 g/mol. The lowest BCUT2D eigenvalue weighted by molar-refractivity contribution is 0.0601. The number of hydrogen-bond donors (Lipinski definition) is 1. The lowest BCUT2D eigenvalue weighted by Gasteiger charge is -2.21. The van der Waals surface area contributed by atoms with Crippen LogP contribution in [0.5, 0.6) is 0 Å². The molecule has 1 N–H and O–H groups in total. The van der Waals surface area contributed by atoms with E-state index in [-0.39, 0.29) is 5.97 Å². The Morgan fingerprint density at radius 3 is 2.79 bits per heavy atom. The quantitative estimate of drug-likeness (QED) is 0.617. The number of nitrogens with zero attached hydrogens (tertiary/aromatic N) is 2. The van der Waals surface area contributed by atoms with Crippen molar-refractivity contribution in [2.75, 3.05) is 30.9 Å². The number of esters is 1. The molecule has 0 saturated carbocycles. The molecule has 0 fully saturated rings. The van der Waals surface area contributed by atoms with Crippen LogP contribution in [0.15, 0.2) is 67.0 Å². The van der Waals surface area contributed by atoms with Crippen LogP contribution in [0.2, 0.25) is 0 Å². The lowest BCUT2D eigenvalue weighted by Crippen LogP contribution is -2.14. The number of nitrogens with one attached hydrogen (secondary N) is 1. The van der Waals surface area contributed by atoms with E-state index in [1.54, 1.807) is 18.5 Å². The molecule has 1 aromatic heterocycles. The molecule has 1 heterocycles. The van der Waals surface area contributed by atoms with Crippen molar-refractivity contribution in [2.24, 2.45) is 0 Å². The van der Waals surface area contributed by atoms with E-state index in [0.717, 1.165) is 19.4 Å². The number of hydrogen-bond acceptors (Lipinski definition) is 5. The van der Waals surface area contributed by atoms with E-state index < -0.39 is 0 Å². The molecule has 0 bridgehead atoms. The molecule has 1 atom stereocenters. The second-order valence-corrected chi connectivity index (χ2v) is 7.31. The highest BCUT2D eigenvalue weighted by Crippen LogP contribution is 2.36. The number of ether oxygens (including phenoxy) is 1. The predicted octanol–water partition coefficient (Wildman–Crippen LogP) is 4.78. The summed E-state index contributed by atoms with van der Waals surface area (Å²) in [5, 5.41) is 3.40. The minimum atomic E-state index is -0.352. The molecule has 0 spiro atoms. The Labute approximate surface area is 171 Å². The van der Waals surface area contributed by atoms with E-state index in [0.29, 0.717) is 17.2 Å². The number of rotatable bonds is 6. The van der Waals surface area contributed by atoms with Gasteiger partial charge in [0.05, 0.1) is 24.6 Å². The van der Waals surface area contributed by atoms with Gasteiger partial charge in [-0.05, 0) is 54.3 Å². The van der Waals surface area contributed by atoms with Gasteiger partial charge in [0.1, 0.15) is 0 Å². The fourth-order valence-electron chi connectivity index (χ4n) is 3.97. The van der Waals surface area contributed by atoms with Gasteiger partial charge in [0.25, 0.3) is 0 Å².